The maximum absolute atomic E-state index is 11.9. The molecule has 0 spiro atoms. The maximum atomic E-state index is 11.9. The first-order valence-electron chi connectivity index (χ1n) is 4.81. The van der Waals surface area contributed by atoms with Crippen molar-refractivity contribution in [3.05, 3.63) is 40.9 Å². The highest BCUT2D eigenvalue weighted by molar-refractivity contribution is 5.76. The normalized spacial score (nSPS) is 12.9. The van der Waals surface area contributed by atoms with E-state index in [4.69, 9.17) is 0 Å². The summed E-state index contributed by atoms with van der Waals surface area (Å²) in [6, 6.07) is 7.18. The van der Waals surface area contributed by atoms with E-state index >= 15 is 0 Å². The van der Waals surface area contributed by atoms with Gasteiger partial charge < -0.3 is 5.11 Å². The molecule has 15 heavy (non-hydrogen) atoms. The van der Waals surface area contributed by atoms with Crippen molar-refractivity contribution in [1.82, 2.24) is 9.55 Å². The molecular weight excluding hydrogens is 192 g/mol. The monoisotopic (exact) mass is 204 g/mol. The van der Waals surface area contributed by atoms with Gasteiger partial charge in [-0.1, -0.05) is 12.1 Å². The van der Waals surface area contributed by atoms with Gasteiger partial charge in [0.2, 0.25) is 0 Å². The van der Waals surface area contributed by atoms with Gasteiger partial charge in [0.05, 0.1) is 29.9 Å². The lowest BCUT2D eigenvalue weighted by molar-refractivity contribution is 0.172. The van der Waals surface area contributed by atoms with E-state index in [1.807, 2.05) is 6.07 Å². The lowest BCUT2D eigenvalue weighted by Crippen LogP contribution is -2.25. The number of hydrogen-bond donors (Lipinski definition) is 1. The molecule has 0 unspecified atom stereocenters. The first kappa shape index (κ1) is 9.86. The molecule has 2 rings (SSSR count). The first-order chi connectivity index (χ1) is 7.18. The van der Waals surface area contributed by atoms with E-state index in [-0.39, 0.29) is 12.1 Å². The highest BCUT2D eigenvalue weighted by Gasteiger charge is 2.04. The van der Waals surface area contributed by atoms with Crippen LogP contribution in [0.15, 0.2) is 35.4 Å². The van der Waals surface area contributed by atoms with Crippen LogP contribution in [0.5, 0.6) is 0 Å². The van der Waals surface area contributed by atoms with Gasteiger partial charge in [0.25, 0.3) is 5.56 Å². The molecule has 0 fully saturated rings. The van der Waals surface area contributed by atoms with Gasteiger partial charge in [0.1, 0.15) is 0 Å². The molecule has 0 saturated heterocycles. The molecule has 0 saturated carbocycles. The Morgan fingerprint density at radius 2 is 2.20 bits per heavy atom. The highest BCUT2D eigenvalue weighted by atomic mass is 16.3. The molecule has 1 aromatic carbocycles. The fourth-order valence-electron chi connectivity index (χ4n) is 1.52. The molecule has 1 aromatic heterocycles. The van der Waals surface area contributed by atoms with Crippen LogP contribution in [-0.4, -0.2) is 20.8 Å². The summed E-state index contributed by atoms with van der Waals surface area (Å²) >= 11 is 0. The molecule has 1 N–H and O–H groups in total. The topological polar surface area (TPSA) is 55.1 Å². The van der Waals surface area contributed by atoms with Crippen LogP contribution in [0, 0.1) is 0 Å². The Morgan fingerprint density at radius 3 is 2.93 bits per heavy atom. The predicted octanol–water partition coefficient (Wildman–Crippen LogP) is 0.777. The third-order valence-corrected chi connectivity index (χ3v) is 2.19. The number of nitrogens with zero attached hydrogens (tertiary/aromatic N) is 2. The van der Waals surface area contributed by atoms with Crippen LogP contribution in [0.3, 0.4) is 0 Å². The summed E-state index contributed by atoms with van der Waals surface area (Å²) in [5.74, 6) is 0. The molecular formula is C11H12N2O2. The summed E-state index contributed by atoms with van der Waals surface area (Å²) in [4.78, 5) is 16.0. The Bertz CT molecular complexity index is 531. The Kier molecular flexibility index (Phi) is 2.51. The van der Waals surface area contributed by atoms with Gasteiger partial charge in [0, 0.05) is 0 Å². The molecule has 78 valence electrons. The fourth-order valence-corrected chi connectivity index (χ4v) is 1.52. The number of aliphatic hydroxyl groups excluding tert-OH is 1. The maximum Gasteiger partial charge on any atom is 0.261 e. The lowest BCUT2D eigenvalue weighted by Gasteiger charge is -2.07. The summed E-state index contributed by atoms with van der Waals surface area (Å²) < 4.78 is 1.42. The van der Waals surface area contributed by atoms with Crippen molar-refractivity contribution in [1.29, 1.82) is 0 Å². The quantitative estimate of drug-likeness (QED) is 0.786. The molecule has 2 aromatic rings. The van der Waals surface area contributed by atoms with Crippen molar-refractivity contribution in [3.8, 4) is 0 Å². The second-order valence-electron chi connectivity index (χ2n) is 3.57. The second-order valence-corrected chi connectivity index (χ2v) is 3.57. The summed E-state index contributed by atoms with van der Waals surface area (Å²) in [5.41, 5.74) is 0.575. The first-order valence-corrected chi connectivity index (χ1v) is 4.81. The van der Waals surface area contributed by atoms with E-state index in [9.17, 15) is 9.90 Å². The third kappa shape index (κ3) is 1.89. The van der Waals surface area contributed by atoms with Gasteiger partial charge in [-0.2, -0.15) is 0 Å². The second kappa shape index (κ2) is 3.82. The van der Waals surface area contributed by atoms with E-state index in [2.05, 4.69) is 4.98 Å². The van der Waals surface area contributed by atoms with Gasteiger partial charge in [-0.25, -0.2) is 4.98 Å². The SMILES string of the molecule is C[C@@H](O)Cn1cnc2ccccc2c1=O. The van der Waals surface area contributed by atoms with Crippen LogP contribution in [0.1, 0.15) is 6.92 Å². The molecule has 0 radical (unpaired) electrons. The van der Waals surface area contributed by atoms with Crippen molar-refractivity contribution in [3.63, 3.8) is 0 Å². The molecule has 4 nitrogen and oxygen atoms in total. The van der Waals surface area contributed by atoms with Crippen molar-refractivity contribution >= 4 is 10.9 Å². The number of hydrogen-bond acceptors (Lipinski definition) is 3. The molecule has 1 heterocycles. The molecule has 4 heteroatoms. The molecule has 0 aliphatic heterocycles. The zero-order valence-electron chi connectivity index (χ0n) is 8.42. The van der Waals surface area contributed by atoms with Crippen LogP contribution >= 0.6 is 0 Å². The van der Waals surface area contributed by atoms with Crippen LogP contribution in [0.4, 0.5) is 0 Å². The number of benzene rings is 1. The minimum absolute atomic E-state index is 0.110. The fraction of sp³-hybridized carbons (Fsp3) is 0.273. The number of para-hydroxylation sites is 1. The molecule has 0 aliphatic carbocycles. The van der Waals surface area contributed by atoms with Gasteiger partial charge in [0.15, 0.2) is 0 Å². The van der Waals surface area contributed by atoms with E-state index in [1.165, 1.54) is 10.9 Å². The minimum Gasteiger partial charge on any atom is -0.392 e. The van der Waals surface area contributed by atoms with E-state index in [0.29, 0.717) is 10.9 Å². The standard InChI is InChI=1S/C11H12N2O2/c1-8(14)6-13-7-12-10-5-3-2-4-9(10)11(13)15/h2-5,7-8,14H,6H2,1H3/t8-/m1/s1. The highest BCUT2D eigenvalue weighted by Crippen LogP contribution is 2.04. The van der Waals surface area contributed by atoms with Crippen molar-refractivity contribution < 1.29 is 5.11 Å². The van der Waals surface area contributed by atoms with Crippen LogP contribution in [-0.2, 0) is 6.54 Å². The molecule has 0 bridgehead atoms. The summed E-state index contributed by atoms with van der Waals surface area (Å²) in [6.45, 7) is 1.91. The number of fused-ring (bicyclic) bond motifs is 1. The molecule has 1 atom stereocenters. The Morgan fingerprint density at radius 1 is 1.47 bits per heavy atom. The van der Waals surface area contributed by atoms with Gasteiger partial charge in [-0.3, -0.25) is 9.36 Å². The minimum atomic E-state index is -0.550. The molecule has 0 amide bonds. The summed E-state index contributed by atoms with van der Waals surface area (Å²) in [5, 5.41) is 9.80. The zero-order valence-corrected chi connectivity index (χ0v) is 8.42. The van der Waals surface area contributed by atoms with Gasteiger partial charge >= 0.3 is 0 Å². The van der Waals surface area contributed by atoms with Crippen LogP contribution in [0.25, 0.3) is 10.9 Å². The van der Waals surface area contributed by atoms with Crippen molar-refractivity contribution in [2.75, 3.05) is 0 Å². The van der Waals surface area contributed by atoms with Crippen LogP contribution < -0.4 is 5.56 Å². The van der Waals surface area contributed by atoms with Gasteiger partial charge in [-0.05, 0) is 19.1 Å². The largest absolute Gasteiger partial charge is 0.392 e. The summed E-state index contributed by atoms with van der Waals surface area (Å²) in [6.07, 6.45) is 0.919. The lowest BCUT2D eigenvalue weighted by atomic mass is 10.2. The summed E-state index contributed by atoms with van der Waals surface area (Å²) in [7, 11) is 0. The third-order valence-electron chi connectivity index (χ3n) is 2.19. The number of aromatic nitrogens is 2. The average Bonchev–Trinajstić information content (AvgIpc) is 2.22. The smallest absolute Gasteiger partial charge is 0.261 e. The van der Waals surface area contributed by atoms with Crippen molar-refractivity contribution in [2.45, 2.75) is 19.6 Å². The van der Waals surface area contributed by atoms with Gasteiger partial charge in [-0.15, -0.1) is 0 Å². The van der Waals surface area contributed by atoms with E-state index in [1.54, 1.807) is 25.1 Å². The Hall–Kier alpha value is -1.68. The average molecular weight is 204 g/mol. The number of rotatable bonds is 2. The zero-order chi connectivity index (χ0) is 10.8. The van der Waals surface area contributed by atoms with E-state index in [0.717, 1.165) is 0 Å². The van der Waals surface area contributed by atoms with E-state index < -0.39 is 6.10 Å². The van der Waals surface area contributed by atoms with Crippen LogP contribution in [0.2, 0.25) is 0 Å². The number of aliphatic hydroxyl groups is 1. The predicted molar refractivity (Wildman–Crippen MR) is 57.7 cm³/mol. The molecule has 0 aliphatic rings. The van der Waals surface area contributed by atoms with Crippen molar-refractivity contribution in [2.24, 2.45) is 0 Å². The Balaban J connectivity index is 2.60. The Labute approximate surface area is 86.8 Å².